The fraction of sp³-hybridized carbons (Fsp3) is 0.500. The van der Waals surface area contributed by atoms with Crippen molar-refractivity contribution in [2.24, 2.45) is 5.92 Å². The van der Waals surface area contributed by atoms with E-state index in [2.05, 4.69) is 5.32 Å². The monoisotopic (exact) mass is 278 g/mol. The smallest absolute Gasteiger partial charge is 0.331 e. The summed E-state index contributed by atoms with van der Waals surface area (Å²) in [5, 5.41) is 2.25. The van der Waals surface area contributed by atoms with Gasteiger partial charge in [-0.05, 0) is 25.5 Å². The van der Waals surface area contributed by atoms with Gasteiger partial charge < -0.3 is 4.42 Å². The molecule has 2 heterocycles. The third-order valence-corrected chi connectivity index (χ3v) is 3.40. The van der Waals surface area contributed by atoms with E-state index in [0.717, 1.165) is 4.90 Å². The average molecular weight is 278 g/mol. The molecular formula is C14H18N2O4. The Hall–Kier alpha value is -2.11. The molecule has 6 nitrogen and oxygen atoms in total. The molecule has 108 valence electrons. The third-order valence-electron chi connectivity index (χ3n) is 3.40. The van der Waals surface area contributed by atoms with Crippen LogP contribution in [0.2, 0.25) is 0 Å². The second kappa shape index (κ2) is 5.90. The second-order valence-corrected chi connectivity index (χ2v) is 4.98. The van der Waals surface area contributed by atoms with Crippen LogP contribution in [-0.2, 0) is 16.0 Å². The van der Waals surface area contributed by atoms with Crippen molar-refractivity contribution in [3.8, 4) is 0 Å². The predicted octanol–water partition coefficient (Wildman–Crippen LogP) is 1.71. The number of hydrogen-bond acceptors (Lipinski definition) is 4. The summed E-state index contributed by atoms with van der Waals surface area (Å²) in [5.41, 5.74) is 0. The minimum Gasteiger partial charge on any atom is -0.469 e. The maximum Gasteiger partial charge on any atom is 0.331 e. The molecule has 1 aliphatic heterocycles. The number of amides is 4. The largest absolute Gasteiger partial charge is 0.469 e. The van der Waals surface area contributed by atoms with Gasteiger partial charge in [-0.1, -0.05) is 13.3 Å². The lowest BCUT2D eigenvalue weighted by atomic mass is 9.97. The summed E-state index contributed by atoms with van der Waals surface area (Å²) in [6.07, 6.45) is 3.13. The highest BCUT2D eigenvalue weighted by Gasteiger charge is 2.41. The number of urea groups is 1. The van der Waals surface area contributed by atoms with Gasteiger partial charge in [0.25, 0.3) is 0 Å². The summed E-state index contributed by atoms with van der Waals surface area (Å²) in [4.78, 5) is 37.0. The van der Waals surface area contributed by atoms with Crippen LogP contribution in [0.15, 0.2) is 22.8 Å². The van der Waals surface area contributed by atoms with Crippen molar-refractivity contribution in [1.82, 2.24) is 10.2 Å². The molecule has 2 atom stereocenters. The van der Waals surface area contributed by atoms with Crippen LogP contribution in [0.3, 0.4) is 0 Å². The molecule has 1 fully saturated rings. The zero-order valence-corrected chi connectivity index (χ0v) is 11.6. The molecule has 0 spiro atoms. The molecule has 0 bridgehead atoms. The van der Waals surface area contributed by atoms with Crippen molar-refractivity contribution >= 4 is 17.8 Å². The van der Waals surface area contributed by atoms with Gasteiger partial charge in [-0.3, -0.25) is 19.8 Å². The topological polar surface area (TPSA) is 79.6 Å². The molecule has 0 radical (unpaired) electrons. The molecule has 4 amide bonds. The molecule has 1 saturated heterocycles. The van der Waals surface area contributed by atoms with Crippen LogP contribution >= 0.6 is 0 Å². The van der Waals surface area contributed by atoms with Gasteiger partial charge in [0.05, 0.1) is 6.26 Å². The van der Waals surface area contributed by atoms with Gasteiger partial charge in [0.1, 0.15) is 11.7 Å². The summed E-state index contributed by atoms with van der Waals surface area (Å²) >= 11 is 0. The van der Waals surface area contributed by atoms with Crippen molar-refractivity contribution in [3.05, 3.63) is 24.2 Å². The highest BCUT2D eigenvalue weighted by atomic mass is 16.3. The Kier molecular flexibility index (Phi) is 4.22. The number of carbonyl (C=O) groups excluding carboxylic acids is 3. The van der Waals surface area contributed by atoms with Crippen molar-refractivity contribution in [3.63, 3.8) is 0 Å². The van der Waals surface area contributed by atoms with Crippen molar-refractivity contribution < 1.29 is 18.8 Å². The van der Waals surface area contributed by atoms with E-state index in [0.29, 0.717) is 25.0 Å². The quantitative estimate of drug-likeness (QED) is 0.831. The van der Waals surface area contributed by atoms with Crippen molar-refractivity contribution in [2.45, 2.75) is 39.2 Å². The summed E-state index contributed by atoms with van der Waals surface area (Å²) in [6.45, 7) is 3.66. The van der Waals surface area contributed by atoms with E-state index in [-0.39, 0.29) is 6.04 Å². The maximum absolute atomic E-state index is 12.3. The highest BCUT2D eigenvalue weighted by molar-refractivity contribution is 6.16. The Balaban J connectivity index is 2.14. The summed E-state index contributed by atoms with van der Waals surface area (Å²) < 4.78 is 5.22. The Morgan fingerprint density at radius 1 is 1.40 bits per heavy atom. The van der Waals surface area contributed by atoms with Crippen LogP contribution in [0.25, 0.3) is 0 Å². The molecule has 1 N–H and O–H groups in total. The van der Waals surface area contributed by atoms with E-state index in [1.165, 1.54) is 0 Å². The molecule has 0 aromatic carbocycles. The first kappa shape index (κ1) is 14.3. The lowest BCUT2D eigenvalue weighted by Gasteiger charge is -2.33. The number of imide groups is 2. The van der Waals surface area contributed by atoms with Gasteiger partial charge in [-0.2, -0.15) is 0 Å². The van der Waals surface area contributed by atoms with Gasteiger partial charge >= 0.3 is 6.03 Å². The number of rotatable bonds is 5. The molecule has 20 heavy (non-hydrogen) atoms. The lowest BCUT2D eigenvalue weighted by Crippen LogP contribution is -2.60. The molecule has 0 aliphatic carbocycles. The number of nitrogens with one attached hydrogen (secondary N) is 1. The summed E-state index contributed by atoms with van der Waals surface area (Å²) in [6, 6.07) is 2.54. The molecule has 2 rings (SSSR count). The van der Waals surface area contributed by atoms with Crippen LogP contribution in [0.4, 0.5) is 4.79 Å². The van der Waals surface area contributed by atoms with E-state index < -0.39 is 23.8 Å². The Bertz CT molecular complexity index is 509. The summed E-state index contributed by atoms with van der Waals surface area (Å²) in [5.74, 6) is -0.984. The van der Waals surface area contributed by atoms with Gasteiger partial charge in [0.2, 0.25) is 11.8 Å². The van der Waals surface area contributed by atoms with Crippen LogP contribution < -0.4 is 5.32 Å². The normalized spacial score (nSPS) is 21.0. The lowest BCUT2D eigenvalue weighted by molar-refractivity contribution is -0.144. The van der Waals surface area contributed by atoms with Gasteiger partial charge in [-0.25, -0.2) is 4.79 Å². The van der Waals surface area contributed by atoms with Gasteiger partial charge in [0.15, 0.2) is 0 Å². The highest BCUT2D eigenvalue weighted by Crippen LogP contribution is 2.20. The first-order chi connectivity index (χ1) is 9.54. The Morgan fingerprint density at radius 2 is 2.15 bits per heavy atom. The molecule has 0 saturated carbocycles. The average Bonchev–Trinajstić information content (AvgIpc) is 2.87. The number of barbiturate groups is 1. The number of furan rings is 1. The minimum absolute atomic E-state index is 0.360. The SMILES string of the molecule is CCCC1C(=O)NC(=O)N(C(C)Cc2ccco2)C1=O. The Morgan fingerprint density at radius 3 is 2.75 bits per heavy atom. The summed E-state index contributed by atoms with van der Waals surface area (Å²) in [7, 11) is 0. The van der Waals surface area contributed by atoms with Crippen LogP contribution in [-0.4, -0.2) is 28.8 Å². The number of carbonyl (C=O) groups is 3. The zero-order chi connectivity index (χ0) is 14.7. The standard InChI is InChI=1S/C14H18N2O4/c1-3-5-11-12(17)15-14(19)16(13(11)18)9(2)8-10-6-4-7-20-10/h4,6-7,9,11H,3,5,8H2,1-2H3,(H,15,17,19). The van der Waals surface area contributed by atoms with E-state index in [4.69, 9.17) is 4.42 Å². The molecule has 1 aromatic heterocycles. The van der Waals surface area contributed by atoms with Crippen molar-refractivity contribution in [2.75, 3.05) is 0 Å². The fourth-order valence-electron chi connectivity index (χ4n) is 2.40. The third kappa shape index (κ3) is 2.74. The number of nitrogens with zero attached hydrogens (tertiary/aromatic N) is 1. The molecule has 6 heteroatoms. The zero-order valence-electron chi connectivity index (χ0n) is 11.6. The van der Waals surface area contributed by atoms with Gasteiger partial charge in [0, 0.05) is 12.5 Å². The molecular weight excluding hydrogens is 260 g/mol. The predicted molar refractivity (Wildman–Crippen MR) is 70.7 cm³/mol. The molecule has 2 unspecified atom stereocenters. The van der Waals surface area contributed by atoms with E-state index in [1.54, 1.807) is 25.3 Å². The van der Waals surface area contributed by atoms with E-state index in [9.17, 15) is 14.4 Å². The minimum atomic E-state index is -0.767. The first-order valence-corrected chi connectivity index (χ1v) is 6.74. The number of hydrogen-bond donors (Lipinski definition) is 1. The van der Waals surface area contributed by atoms with Crippen LogP contribution in [0.1, 0.15) is 32.4 Å². The Labute approximate surface area is 117 Å². The molecule has 1 aromatic rings. The van der Waals surface area contributed by atoms with Crippen LogP contribution in [0, 0.1) is 5.92 Å². The van der Waals surface area contributed by atoms with Gasteiger partial charge in [-0.15, -0.1) is 0 Å². The fourth-order valence-corrected chi connectivity index (χ4v) is 2.40. The van der Waals surface area contributed by atoms with E-state index >= 15 is 0 Å². The maximum atomic E-state index is 12.3. The second-order valence-electron chi connectivity index (χ2n) is 4.98. The van der Waals surface area contributed by atoms with Crippen molar-refractivity contribution in [1.29, 1.82) is 0 Å². The molecule has 1 aliphatic rings. The van der Waals surface area contributed by atoms with Crippen LogP contribution in [0.5, 0.6) is 0 Å². The van der Waals surface area contributed by atoms with E-state index in [1.807, 2.05) is 6.92 Å². The first-order valence-electron chi connectivity index (χ1n) is 6.74.